The Morgan fingerprint density at radius 3 is 2.76 bits per heavy atom. The van der Waals surface area contributed by atoms with Crippen molar-refractivity contribution < 1.29 is 13.9 Å². The van der Waals surface area contributed by atoms with Crippen LogP contribution >= 0.6 is 0 Å². The van der Waals surface area contributed by atoms with Gasteiger partial charge < -0.3 is 10.1 Å². The molecule has 1 aliphatic carbocycles. The third-order valence-electron chi connectivity index (χ3n) is 4.35. The zero-order valence-electron chi connectivity index (χ0n) is 14.6. The van der Waals surface area contributed by atoms with Gasteiger partial charge in [-0.1, -0.05) is 19.3 Å². The summed E-state index contributed by atoms with van der Waals surface area (Å²) in [6.45, 7) is 3.75. The number of hydrogen-bond acceptors (Lipinski definition) is 3. The first-order valence-corrected chi connectivity index (χ1v) is 8.86. The van der Waals surface area contributed by atoms with Gasteiger partial charge in [-0.25, -0.2) is 4.39 Å². The Balaban J connectivity index is 1.77. The third kappa shape index (κ3) is 4.38. The number of benzene rings is 1. The molecule has 1 fully saturated rings. The second-order valence-corrected chi connectivity index (χ2v) is 6.78. The molecule has 0 aliphatic heterocycles. The van der Waals surface area contributed by atoms with E-state index in [9.17, 15) is 9.18 Å². The van der Waals surface area contributed by atoms with Gasteiger partial charge in [0.05, 0.1) is 11.8 Å². The topological polar surface area (TPSA) is 67.0 Å². The number of rotatable bonds is 5. The maximum atomic E-state index is 13.5. The molecular weight excluding hydrogens is 321 g/mol. The van der Waals surface area contributed by atoms with Crippen LogP contribution in [0.15, 0.2) is 24.3 Å². The molecule has 0 saturated heterocycles. The number of carbonyl (C=O) groups is 1. The van der Waals surface area contributed by atoms with Crippen LogP contribution in [0.2, 0.25) is 0 Å². The molecule has 2 N–H and O–H groups in total. The number of nitrogens with zero attached hydrogens (tertiary/aromatic N) is 1. The van der Waals surface area contributed by atoms with E-state index in [1.807, 2.05) is 13.8 Å². The molecule has 134 valence electrons. The molecule has 1 aromatic heterocycles. The number of nitrogens with one attached hydrogen (secondary N) is 2. The fourth-order valence-corrected chi connectivity index (χ4v) is 3.15. The average molecular weight is 345 g/mol. The molecule has 1 saturated carbocycles. The summed E-state index contributed by atoms with van der Waals surface area (Å²) in [4.78, 5) is 12.4. The molecule has 0 bridgehead atoms. The minimum Gasteiger partial charge on any atom is -0.490 e. The molecule has 1 aliphatic rings. The molecule has 5 nitrogen and oxygen atoms in total. The van der Waals surface area contributed by atoms with Crippen LogP contribution < -0.4 is 10.1 Å². The summed E-state index contributed by atoms with van der Waals surface area (Å²) in [7, 11) is 0. The molecule has 0 atom stereocenters. The first kappa shape index (κ1) is 17.5. The van der Waals surface area contributed by atoms with Gasteiger partial charge >= 0.3 is 0 Å². The van der Waals surface area contributed by atoms with Crippen LogP contribution in [0.1, 0.15) is 56.4 Å². The quantitative estimate of drug-likeness (QED) is 0.858. The molecule has 6 heteroatoms. The van der Waals surface area contributed by atoms with Crippen molar-refractivity contribution in [2.75, 3.05) is 0 Å². The normalized spacial score (nSPS) is 15.4. The van der Waals surface area contributed by atoms with Crippen molar-refractivity contribution in [3.63, 3.8) is 0 Å². The van der Waals surface area contributed by atoms with E-state index in [1.54, 1.807) is 12.1 Å². The summed E-state index contributed by atoms with van der Waals surface area (Å²) >= 11 is 0. The van der Waals surface area contributed by atoms with Gasteiger partial charge in [-0.15, -0.1) is 0 Å². The summed E-state index contributed by atoms with van der Waals surface area (Å²) in [5.41, 5.74) is 1.62. The molecule has 0 radical (unpaired) electrons. The molecule has 2 aromatic rings. The number of ether oxygens (including phenoxy) is 1. The lowest BCUT2D eigenvalue weighted by Gasteiger charge is -2.22. The highest BCUT2D eigenvalue weighted by Crippen LogP contribution is 2.30. The molecular formula is C19H24FN3O2. The Hall–Kier alpha value is -2.37. The predicted octanol–water partition coefficient (Wildman–Crippen LogP) is 4.07. The summed E-state index contributed by atoms with van der Waals surface area (Å²) < 4.78 is 19.2. The lowest BCUT2D eigenvalue weighted by molar-refractivity contribution is 0.0922. The van der Waals surface area contributed by atoms with Crippen molar-refractivity contribution in [2.24, 2.45) is 0 Å². The van der Waals surface area contributed by atoms with Crippen molar-refractivity contribution in [1.29, 1.82) is 0 Å². The van der Waals surface area contributed by atoms with Crippen molar-refractivity contribution in [3.8, 4) is 17.0 Å². The molecule has 1 aromatic carbocycles. The van der Waals surface area contributed by atoms with Crippen LogP contribution in [0, 0.1) is 5.82 Å². The standard InChI is InChI=1S/C19H24FN3O2/c1-12(2)25-18-10-13(20)8-9-15(18)16-11-17(23-22-16)19(24)21-14-6-4-3-5-7-14/h8-12,14H,3-7H2,1-2H3,(H,21,24)(H,22,23). The van der Waals surface area contributed by atoms with E-state index in [1.165, 1.54) is 18.6 Å². The Morgan fingerprint density at radius 1 is 1.28 bits per heavy atom. The van der Waals surface area contributed by atoms with Gasteiger partial charge in [-0.05, 0) is 44.9 Å². The van der Waals surface area contributed by atoms with Crippen molar-refractivity contribution in [3.05, 3.63) is 35.8 Å². The zero-order valence-corrected chi connectivity index (χ0v) is 14.6. The summed E-state index contributed by atoms with van der Waals surface area (Å²) in [5, 5.41) is 10.0. The maximum absolute atomic E-state index is 13.5. The van der Waals surface area contributed by atoms with Gasteiger partial charge in [0, 0.05) is 17.7 Å². The first-order valence-electron chi connectivity index (χ1n) is 8.86. The van der Waals surface area contributed by atoms with Gasteiger partial charge in [-0.2, -0.15) is 5.10 Å². The van der Waals surface area contributed by atoms with Crippen LogP contribution in [0.25, 0.3) is 11.3 Å². The Morgan fingerprint density at radius 2 is 2.04 bits per heavy atom. The van der Waals surface area contributed by atoms with E-state index in [2.05, 4.69) is 15.5 Å². The highest BCUT2D eigenvalue weighted by molar-refractivity contribution is 5.93. The Kier molecular flexibility index (Phi) is 5.36. The molecule has 0 spiro atoms. The van der Waals surface area contributed by atoms with Crippen LogP contribution in [0.5, 0.6) is 5.75 Å². The monoisotopic (exact) mass is 345 g/mol. The number of H-pyrrole nitrogens is 1. The number of carbonyl (C=O) groups excluding carboxylic acids is 1. The third-order valence-corrected chi connectivity index (χ3v) is 4.35. The van der Waals surface area contributed by atoms with Crippen molar-refractivity contribution in [2.45, 2.75) is 58.1 Å². The number of aromatic nitrogens is 2. The fraction of sp³-hybridized carbons (Fsp3) is 0.474. The van der Waals surface area contributed by atoms with Gasteiger partial charge in [-0.3, -0.25) is 9.89 Å². The highest BCUT2D eigenvalue weighted by Gasteiger charge is 2.19. The van der Waals surface area contributed by atoms with Gasteiger partial charge in [0.25, 0.3) is 5.91 Å². The number of aromatic amines is 1. The van der Waals surface area contributed by atoms with E-state index in [-0.39, 0.29) is 23.9 Å². The molecule has 1 amide bonds. The zero-order chi connectivity index (χ0) is 17.8. The van der Waals surface area contributed by atoms with Crippen LogP contribution in [0.4, 0.5) is 4.39 Å². The number of hydrogen-bond donors (Lipinski definition) is 2. The summed E-state index contributed by atoms with van der Waals surface area (Å²) in [6, 6.07) is 6.23. The van der Waals surface area contributed by atoms with Crippen LogP contribution in [-0.2, 0) is 0 Å². The Labute approximate surface area is 147 Å². The van der Waals surface area contributed by atoms with Crippen LogP contribution in [-0.4, -0.2) is 28.3 Å². The lowest BCUT2D eigenvalue weighted by atomic mass is 9.95. The summed E-state index contributed by atoms with van der Waals surface area (Å²) in [6.07, 6.45) is 5.52. The van der Waals surface area contributed by atoms with Gasteiger partial charge in [0.15, 0.2) is 0 Å². The number of halogens is 1. The predicted molar refractivity (Wildman–Crippen MR) is 94.1 cm³/mol. The minimum absolute atomic E-state index is 0.0893. The second kappa shape index (κ2) is 7.68. The largest absolute Gasteiger partial charge is 0.490 e. The first-order chi connectivity index (χ1) is 12.0. The van der Waals surface area contributed by atoms with E-state index in [4.69, 9.17) is 4.74 Å². The van der Waals surface area contributed by atoms with E-state index in [0.717, 1.165) is 25.7 Å². The maximum Gasteiger partial charge on any atom is 0.269 e. The van der Waals surface area contributed by atoms with Gasteiger partial charge in [0.2, 0.25) is 0 Å². The van der Waals surface area contributed by atoms with Crippen molar-refractivity contribution in [1.82, 2.24) is 15.5 Å². The second-order valence-electron chi connectivity index (χ2n) is 6.78. The van der Waals surface area contributed by atoms with E-state index < -0.39 is 0 Å². The fourth-order valence-electron chi connectivity index (χ4n) is 3.15. The van der Waals surface area contributed by atoms with E-state index in [0.29, 0.717) is 22.7 Å². The summed E-state index contributed by atoms with van der Waals surface area (Å²) in [5.74, 6) is -0.106. The molecule has 1 heterocycles. The Bertz CT molecular complexity index is 736. The van der Waals surface area contributed by atoms with Crippen molar-refractivity contribution >= 4 is 5.91 Å². The average Bonchev–Trinajstić information content (AvgIpc) is 3.05. The smallest absolute Gasteiger partial charge is 0.269 e. The molecule has 0 unspecified atom stereocenters. The minimum atomic E-state index is -0.370. The molecule has 3 rings (SSSR count). The highest BCUT2D eigenvalue weighted by atomic mass is 19.1. The lowest BCUT2D eigenvalue weighted by Crippen LogP contribution is -2.36. The SMILES string of the molecule is CC(C)Oc1cc(F)ccc1-c1cc(C(=O)NC2CCCCC2)[nH]n1. The number of amides is 1. The van der Waals surface area contributed by atoms with E-state index >= 15 is 0 Å². The molecule has 25 heavy (non-hydrogen) atoms. The van der Waals surface area contributed by atoms with Crippen LogP contribution in [0.3, 0.4) is 0 Å². The van der Waals surface area contributed by atoms with Gasteiger partial charge in [0.1, 0.15) is 17.3 Å².